The molecule has 1 N–H and O–H groups in total. The largest absolute Gasteiger partial charge is 0.353 e. The summed E-state index contributed by atoms with van der Waals surface area (Å²) >= 11 is 0. The number of carbonyl (C=O) groups excluding carboxylic acids is 1. The van der Waals surface area contributed by atoms with Crippen LogP contribution in [-0.2, 0) is 4.79 Å². The maximum absolute atomic E-state index is 13.0. The summed E-state index contributed by atoms with van der Waals surface area (Å²) in [6.45, 7) is 2.45. The summed E-state index contributed by atoms with van der Waals surface area (Å²) in [5, 5.41) is 3.45. The van der Waals surface area contributed by atoms with E-state index in [0.717, 1.165) is 11.8 Å². The van der Waals surface area contributed by atoms with Crippen LogP contribution in [0.4, 0.5) is 0 Å². The van der Waals surface area contributed by atoms with Crippen LogP contribution in [0.3, 0.4) is 0 Å². The Morgan fingerprint density at radius 1 is 1.00 bits per heavy atom. The topological polar surface area (TPSA) is 29.1 Å². The number of nitrogens with one attached hydrogen (secondary N) is 1. The molecule has 1 amide bonds. The maximum Gasteiger partial charge on any atom is 0.226 e. The molecule has 0 heterocycles. The van der Waals surface area contributed by atoms with Crippen LogP contribution in [0.25, 0.3) is 0 Å². The van der Waals surface area contributed by atoms with E-state index in [4.69, 9.17) is 0 Å². The van der Waals surface area contributed by atoms with E-state index in [1.807, 2.05) is 0 Å². The van der Waals surface area contributed by atoms with Gasteiger partial charge in [0.1, 0.15) is 0 Å². The van der Waals surface area contributed by atoms with Crippen molar-refractivity contribution in [2.24, 2.45) is 22.7 Å². The van der Waals surface area contributed by atoms with E-state index in [-0.39, 0.29) is 5.41 Å². The highest BCUT2D eigenvalue weighted by Crippen LogP contribution is 2.65. The predicted molar refractivity (Wildman–Crippen MR) is 80.2 cm³/mol. The summed E-state index contributed by atoms with van der Waals surface area (Å²) in [4.78, 5) is 13.0. The molecule has 5 aliphatic carbocycles. The van der Waals surface area contributed by atoms with Gasteiger partial charge in [-0.1, -0.05) is 26.2 Å². The molecule has 0 spiro atoms. The molecule has 0 aromatic heterocycles. The van der Waals surface area contributed by atoms with Gasteiger partial charge in [-0.3, -0.25) is 4.79 Å². The average Bonchev–Trinajstić information content (AvgIpc) is 2.37. The third-order valence-electron chi connectivity index (χ3n) is 6.78. The van der Waals surface area contributed by atoms with Gasteiger partial charge in [0.05, 0.1) is 5.41 Å². The summed E-state index contributed by atoms with van der Waals surface area (Å²) in [7, 11) is 0. The molecule has 0 aliphatic heterocycles. The van der Waals surface area contributed by atoms with Gasteiger partial charge in [0.25, 0.3) is 0 Å². The first kappa shape index (κ1) is 13.2. The van der Waals surface area contributed by atoms with Crippen LogP contribution >= 0.6 is 0 Å². The lowest BCUT2D eigenvalue weighted by molar-refractivity contribution is -0.156. The van der Waals surface area contributed by atoms with Crippen molar-refractivity contribution in [2.45, 2.75) is 83.6 Å². The summed E-state index contributed by atoms with van der Waals surface area (Å²) in [6, 6.07) is 0.483. The lowest BCUT2D eigenvalue weighted by atomic mass is 9.44. The Morgan fingerprint density at radius 2 is 1.65 bits per heavy atom. The van der Waals surface area contributed by atoms with Gasteiger partial charge in [0.15, 0.2) is 0 Å². The van der Waals surface area contributed by atoms with Crippen molar-refractivity contribution >= 4 is 5.91 Å². The van der Waals surface area contributed by atoms with E-state index in [2.05, 4.69) is 12.2 Å². The van der Waals surface area contributed by atoms with E-state index in [1.54, 1.807) is 0 Å². The third-order valence-corrected chi connectivity index (χ3v) is 6.78. The molecule has 2 nitrogen and oxygen atoms in total. The fourth-order valence-electron chi connectivity index (χ4n) is 6.57. The Hall–Kier alpha value is -0.530. The number of rotatable bonds is 2. The van der Waals surface area contributed by atoms with Crippen LogP contribution in [0.15, 0.2) is 0 Å². The molecule has 5 rings (SSSR count). The average molecular weight is 275 g/mol. The minimum Gasteiger partial charge on any atom is -0.353 e. The SMILES string of the molecule is CC12CC3CC(C1)CC(C(=O)NC1CCCCC1)(C3)C2. The van der Waals surface area contributed by atoms with Gasteiger partial charge in [-0.15, -0.1) is 0 Å². The van der Waals surface area contributed by atoms with Crippen molar-refractivity contribution in [1.82, 2.24) is 5.32 Å². The zero-order chi connectivity index (χ0) is 13.8. The summed E-state index contributed by atoms with van der Waals surface area (Å²) in [6.07, 6.45) is 14.2. The fraction of sp³-hybridized carbons (Fsp3) is 0.944. The Bertz CT molecular complexity index is 396. The Labute approximate surface area is 123 Å². The third kappa shape index (κ3) is 2.10. The zero-order valence-corrected chi connectivity index (χ0v) is 12.9. The molecule has 20 heavy (non-hydrogen) atoms. The molecule has 4 bridgehead atoms. The molecule has 0 aromatic carbocycles. The van der Waals surface area contributed by atoms with Crippen molar-refractivity contribution in [3.8, 4) is 0 Å². The molecule has 0 aromatic rings. The van der Waals surface area contributed by atoms with E-state index >= 15 is 0 Å². The lowest BCUT2D eigenvalue weighted by Gasteiger charge is -2.60. The van der Waals surface area contributed by atoms with E-state index in [9.17, 15) is 4.79 Å². The smallest absolute Gasteiger partial charge is 0.226 e. The Balaban J connectivity index is 1.50. The molecule has 0 saturated heterocycles. The lowest BCUT2D eigenvalue weighted by Crippen LogP contribution is -2.58. The van der Waals surface area contributed by atoms with Crippen molar-refractivity contribution < 1.29 is 4.79 Å². The van der Waals surface area contributed by atoms with Gasteiger partial charge in [-0.25, -0.2) is 0 Å². The first-order chi connectivity index (χ1) is 9.57. The van der Waals surface area contributed by atoms with Crippen molar-refractivity contribution in [2.75, 3.05) is 0 Å². The molecule has 5 fully saturated rings. The fourth-order valence-corrected chi connectivity index (χ4v) is 6.57. The normalized spacial score (nSPS) is 47.5. The second-order valence-corrected chi connectivity index (χ2v) is 8.86. The maximum atomic E-state index is 13.0. The standard InChI is InChI=1S/C18H29NO/c1-17-8-13-7-14(9-17)11-18(10-13,12-17)16(20)19-15-5-3-2-4-6-15/h13-15H,2-12H2,1H3,(H,19,20). The van der Waals surface area contributed by atoms with Crippen LogP contribution in [0.2, 0.25) is 0 Å². The van der Waals surface area contributed by atoms with Crippen molar-refractivity contribution in [1.29, 1.82) is 0 Å². The van der Waals surface area contributed by atoms with Gasteiger partial charge >= 0.3 is 0 Å². The van der Waals surface area contributed by atoms with Crippen LogP contribution in [0.1, 0.15) is 77.6 Å². The van der Waals surface area contributed by atoms with Crippen LogP contribution in [0.5, 0.6) is 0 Å². The monoisotopic (exact) mass is 275 g/mol. The molecule has 2 unspecified atom stereocenters. The number of carbonyl (C=O) groups is 1. The summed E-state index contributed by atoms with van der Waals surface area (Å²) in [5.41, 5.74) is 0.504. The second kappa shape index (κ2) is 4.48. The van der Waals surface area contributed by atoms with Gasteiger partial charge in [0, 0.05) is 6.04 Å². The van der Waals surface area contributed by atoms with Crippen molar-refractivity contribution in [3.05, 3.63) is 0 Å². The van der Waals surface area contributed by atoms with E-state index in [1.165, 1.54) is 70.6 Å². The van der Waals surface area contributed by atoms with E-state index in [0.29, 0.717) is 17.4 Å². The summed E-state index contributed by atoms with van der Waals surface area (Å²) < 4.78 is 0. The Morgan fingerprint density at radius 3 is 2.25 bits per heavy atom. The van der Waals surface area contributed by atoms with Gasteiger partial charge in [-0.05, 0) is 68.6 Å². The quantitative estimate of drug-likeness (QED) is 0.809. The van der Waals surface area contributed by atoms with Gasteiger partial charge < -0.3 is 5.32 Å². The second-order valence-electron chi connectivity index (χ2n) is 8.86. The molecular formula is C18H29NO. The number of amides is 1. The molecule has 5 saturated carbocycles. The van der Waals surface area contributed by atoms with Crippen LogP contribution < -0.4 is 5.32 Å². The number of hydrogen-bond acceptors (Lipinski definition) is 1. The predicted octanol–water partition coefficient (Wildman–Crippen LogP) is 4.04. The highest BCUT2D eigenvalue weighted by atomic mass is 16.2. The Kier molecular flexibility index (Phi) is 2.95. The molecule has 0 radical (unpaired) electrons. The van der Waals surface area contributed by atoms with Crippen molar-refractivity contribution in [3.63, 3.8) is 0 Å². The number of hydrogen-bond donors (Lipinski definition) is 1. The molecule has 2 heteroatoms. The van der Waals surface area contributed by atoms with Gasteiger partial charge in [0.2, 0.25) is 5.91 Å². The first-order valence-electron chi connectivity index (χ1n) is 8.88. The first-order valence-corrected chi connectivity index (χ1v) is 8.88. The highest BCUT2D eigenvalue weighted by molar-refractivity contribution is 5.83. The minimum absolute atomic E-state index is 0.0241. The van der Waals surface area contributed by atoms with E-state index < -0.39 is 0 Å². The van der Waals surface area contributed by atoms with Crippen LogP contribution in [0, 0.1) is 22.7 Å². The molecule has 2 atom stereocenters. The molecule has 5 aliphatic rings. The summed E-state index contributed by atoms with van der Waals surface area (Å²) in [5.74, 6) is 2.13. The zero-order valence-electron chi connectivity index (χ0n) is 12.9. The van der Waals surface area contributed by atoms with Crippen LogP contribution in [-0.4, -0.2) is 11.9 Å². The minimum atomic E-state index is 0.0241. The molecule has 112 valence electrons. The van der Waals surface area contributed by atoms with Gasteiger partial charge in [-0.2, -0.15) is 0 Å². The highest BCUT2D eigenvalue weighted by Gasteiger charge is 2.58. The molecular weight excluding hydrogens is 246 g/mol.